The predicted octanol–water partition coefficient (Wildman–Crippen LogP) is 2.37. The standard InChI is InChI=1S/C15H15NO3S/c1-10(18)13-6-14(20-9-13)15(19)16-7-11-4-2-3-5-12(11)8-17/h2-6,9,17H,7-8H2,1H3,(H,16,19). The maximum absolute atomic E-state index is 12.0. The molecule has 0 aliphatic carbocycles. The van der Waals surface area contributed by atoms with E-state index in [0.717, 1.165) is 11.1 Å². The summed E-state index contributed by atoms with van der Waals surface area (Å²) in [6, 6.07) is 8.98. The van der Waals surface area contributed by atoms with Gasteiger partial charge in [0.15, 0.2) is 5.78 Å². The summed E-state index contributed by atoms with van der Waals surface area (Å²) in [6.07, 6.45) is 0. The van der Waals surface area contributed by atoms with Crippen LogP contribution in [0.1, 0.15) is 38.1 Å². The SMILES string of the molecule is CC(=O)c1csc(C(=O)NCc2ccccc2CO)c1. The van der Waals surface area contributed by atoms with Crippen molar-refractivity contribution in [2.24, 2.45) is 0 Å². The molecule has 5 heteroatoms. The normalized spacial score (nSPS) is 10.3. The summed E-state index contributed by atoms with van der Waals surface area (Å²) in [5.74, 6) is -0.263. The molecule has 0 radical (unpaired) electrons. The number of carbonyl (C=O) groups excluding carboxylic acids is 2. The summed E-state index contributed by atoms with van der Waals surface area (Å²) in [5.41, 5.74) is 2.23. The number of hydrogen-bond donors (Lipinski definition) is 2. The first-order valence-corrected chi connectivity index (χ1v) is 7.05. The zero-order valence-corrected chi connectivity index (χ0v) is 11.9. The van der Waals surface area contributed by atoms with Gasteiger partial charge in [-0.05, 0) is 24.1 Å². The van der Waals surface area contributed by atoms with Gasteiger partial charge in [-0.2, -0.15) is 0 Å². The molecule has 0 fully saturated rings. The first kappa shape index (κ1) is 14.4. The van der Waals surface area contributed by atoms with Crippen molar-refractivity contribution in [1.29, 1.82) is 0 Å². The number of amides is 1. The Morgan fingerprint density at radius 2 is 1.95 bits per heavy atom. The van der Waals surface area contributed by atoms with Gasteiger partial charge in [0, 0.05) is 17.5 Å². The van der Waals surface area contributed by atoms with Crippen molar-refractivity contribution in [1.82, 2.24) is 5.32 Å². The van der Waals surface area contributed by atoms with E-state index in [-0.39, 0.29) is 18.3 Å². The quantitative estimate of drug-likeness (QED) is 0.830. The molecule has 2 rings (SSSR count). The van der Waals surface area contributed by atoms with Crippen LogP contribution in [0.4, 0.5) is 0 Å². The summed E-state index contributed by atoms with van der Waals surface area (Å²) in [7, 11) is 0. The molecule has 0 unspecified atom stereocenters. The van der Waals surface area contributed by atoms with E-state index in [4.69, 9.17) is 0 Å². The highest BCUT2D eigenvalue weighted by Crippen LogP contribution is 2.15. The molecule has 0 bridgehead atoms. The van der Waals surface area contributed by atoms with Crippen LogP contribution in [-0.4, -0.2) is 16.8 Å². The number of nitrogens with one attached hydrogen (secondary N) is 1. The molecule has 2 aromatic rings. The largest absolute Gasteiger partial charge is 0.392 e. The van der Waals surface area contributed by atoms with Crippen LogP contribution in [0.25, 0.3) is 0 Å². The molecule has 1 aromatic carbocycles. The maximum Gasteiger partial charge on any atom is 0.261 e. The van der Waals surface area contributed by atoms with Gasteiger partial charge in [0.05, 0.1) is 11.5 Å². The monoisotopic (exact) mass is 289 g/mol. The predicted molar refractivity (Wildman–Crippen MR) is 77.9 cm³/mol. The number of benzene rings is 1. The maximum atomic E-state index is 12.0. The van der Waals surface area contributed by atoms with Gasteiger partial charge in [-0.3, -0.25) is 9.59 Å². The van der Waals surface area contributed by atoms with Crippen molar-refractivity contribution in [3.8, 4) is 0 Å². The van der Waals surface area contributed by atoms with Crippen LogP contribution in [0.3, 0.4) is 0 Å². The number of rotatable bonds is 5. The van der Waals surface area contributed by atoms with E-state index in [1.54, 1.807) is 11.4 Å². The number of aliphatic hydroxyl groups is 1. The van der Waals surface area contributed by atoms with Gasteiger partial charge in [0.25, 0.3) is 5.91 Å². The minimum absolute atomic E-state index is 0.0501. The first-order chi connectivity index (χ1) is 9.61. The minimum Gasteiger partial charge on any atom is -0.392 e. The van der Waals surface area contributed by atoms with E-state index >= 15 is 0 Å². The fourth-order valence-corrected chi connectivity index (χ4v) is 2.65. The second-order valence-corrected chi connectivity index (χ2v) is 5.28. The Kier molecular flexibility index (Phi) is 4.65. The molecule has 1 heterocycles. The average Bonchev–Trinajstić information content (AvgIpc) is 2.95. The molecule has 0 atom stereocenters. The van der Waals surface area contributed by atoms with Crippen molar-refractivity contribution in [2.75, 3.05) is 0 Å². The molecule has 0 aliphatic rings. The van der Waals surface area contributed by atoms with Gasteiger partial charge < -0.3 is 10.4 Å². The van der Waals surface area contributed by atoms with Gasteiger partial charge in [-0.25, -0.2) is 0 Å². The zero-order valence-electron chi connectivity index (χ0n) is 11.1. The van der Waals surface area contributed by atoms with E-state index in [0.29, 0.717) is 17.0 Å². The second-order valence-electron chi connectivity index (χ2n) is 4.37. The number of carbonyl (C=O) groups is 2. The summed E-state index contributed by atoms with van der Waals surface area (Å²) < 4.78 is 0. The lowest BCUT2D eigenvalue weighted by molar-refractivity contribution is 0.0954. The first-order valence-electron chi connectivity index (χ1n) is 6.17. The molecular formula is C15H15NO3S. The third-order valence-corrected chi connectivity index (χ3v) is 3.89. The van der Waals surface area contributed by atoms with Crippen LogP contribution in [0.2, 0.25) is 0 Å². The number of ketones is 1. The smallest absolute Gasteiger partial charge is 0.261 e. The van der Waals surface area contributed by atoms with Gasteiger partial charge in [-0.15, -0.1) is 11.3 Å². The molecule has 1 aromatic heterocycles. The lowest BCUT2D eigenvalue weighted by Crippen LogP contribution is -2.22. The van der Waals surface area contributed by atoms with E-state index in [1.165, 1.54) is 18.3 Å². The Hall–Kier alpha value is -1.98. The zero-order chi connectivity index (χ0) is 14.5. The molecule has 20 heavy (non-hydrogen) atoms. The van der Waals surface area contributed by atoms with Gasteiger partial charge in [-0.1, -0.05) is 24.3 Å². The Morgan fingerprint density at radius 3 is 2.55 bits per heavy atom. The molecule has 1 amide bonds. The van der Waals surface area contributed by atoms with E-state index < -0.39 is 0 Å². The van der Waals surface area contributed by atoms with Crippen molar-refractivity contribution in [2.45, 2.75) is 20.1 Å². The van der Waals surface area contributed by atoms with Crippen LogP contribution < -0.4 is 5.32 Å². The second kappa shape index (κ2) is 6.45. The van der Waals surface area contributed by atoms with Crippen LogP contribution >= 0.6 is 11.3 Å². The third kappa shape index (κ3) is 3.31. The fourth-order valence-electron chi connectivity index (χ4n) is 1.79. The Morgan fingerprint density at radius 1 is 1.25 bits per heavy atom. The highest BCUT2D eigenvalue weighted by atomic mass is 32.1. The lowest BCUT2D eigenvalue weighted by atomic mass is 10.1. The fraction of sp³-hybridized carbons (Fsp3) is 0.200. The summed E-state index contributed by atoms with van der Waals surface area (Å²) >= 11 is 1.25. The van der Waals surface area contributed by atoms with E-state index in [2.05, 4.69) is 5.32 Å². The summed E-state index contributed by atoms with van der Waals surface area (Å²) in [6.45, 7) is 1.77. The van der Waals surface area contributed by atoms with Gasteiger partial charge in [0.1, 0.15) is 0 Å². The van der Waals surface area contributed by atoms with E-state index in [9.17, 15) is 14.7 Å². The van der Waals surface area contributed by atoms with Crippen LogP contribution in [0, 0.1) is 0 Å². The number of aliphatic hydroxyl groups excluding tert-OH is 1. The van der Waals surface area contributed by atoms with Crippen LogP contribution in [0.5, 0.6) is 0 Å². The lowest BCUT2D eigenvalue weighted by Gasteiger charge is -2.08. The molecule has 0 aliphatic heterocycles. The molecule has 4 nitrogen and oxygen atoms in total. The molecule has 104 valence electrons. The average molecular weight is 289 g/mol. The van der Waals surface area contributed by atoms with Crippen LogP contribution in [0.15, 0.2) is 35.7 Å². The Bertz CT molecular complexity index is 634. The van der Waals surface area contributed by atoms with Crippen molar-refractivity contribution >= 4 is 23.0 Å². The minimum atomic E-state index is -0.213. The van der Waals surface area contributed by atoms with Crippen molar-refractivity contribution in [3.63, 3.8) is 0 Å². The Labute approximate surface area is 121 Å². The summed E-state index contributed by atoms with van der Waals surface area (Å²) in [4.78, 5) is 23.7. The topological polar surface area (TPSA) is 66.4 Å². The van der Waals surface area contributed by atoms with Crippen molar-refractivity contribution in [3.05, 3.63) is 57.3 Å². The van der Waals surface area contributed by atoms with Crippen molar-refractivity contribution < 1.29 is 14.7 Å². The Balaban J connectivity index is 2.03. The van der Waals surface area contributed by atoms with Crippen LogP contribution in [-0.2, 0) is 13.2 Å². The molecule has 0 spiro atoms. The summed E-state index contributed by atoms with van der Waals surface area (Å²) in [5, 5.41) is 13.7. The molecule has 0 saturated carbocycles. The number of hydrogen-bond acceptors (Lipinski definition) is 4. The number of thiophene rings is 1. The highest BCUT2D eigenvalue weighted by Gasteiger charge is 2.11. The molecular weight excluding hydrogens is 274 g/mol. The van der Waals surface area contributed by atoms with Gasteiger partial charge >= 0.3 is 0 Å². The van der Waals surface area contributed by atoms with E-state index in [1.807, 2.05) is 24.3 Å². The molecule has 0 saturated heterocycles. The highest BCUT2D eigenvalue weighted by molar-refractivity contribution is 7.12. The van der Waals surface area contributed by atoms with Gasteiger partial charge in [0.2, 0.25) is 0 Å². The third-order valence-electron chi connectivity index (χ3n) is 2.96. The number of Topliss-reactive ketones (excluding diaryl/α,β-unsaturated/α-hetero) is 1. The molecule has 2 N–H and O–H groups in total.